The van der Waals surface area contributed by atoms with Gasteiger partial charge in [0, 0.05) is 18.9 Å². The SMILES string of the molecule is CC/C=C/[C@H](C)[C@H](OC(=O)C[C@@H](O)CCC)/C(C)=C/C=C/[C@@H](C)CC[C@H](O)[C@H](C)[C@H](CC)OC. The summed E-state index contributed by atoms with van der Waals surface area (Å²) in [5.74, 6) is 0.101. The van der Waals surface area contributed by atoms with Gasteiger partial charge in [0.1, 0.15) is 6.10 Å². The van der Waals surface area contributed by atoms with Crippen molar-refractivity contribution >= 4 is 5.97 Å². The summed E-state index contributed by atoms with van der Waals surface area (Å²) in [7, 11) is 1.70. The van der Waals surface area contributed by atoms with Gasteiger partial charge in [0.05, 0.1) is 24.7 Å². The third-order valence-corrected chi connectivity index (χ3v) is 6.50. The largest absolute Gasteiger partial charge is 0.457 e. The first-order valence-corrected chi connectivity index (χ1v) is 13.2. The van der Waals surface area contributed by atoms with Crippen LogP contribution in [0.4, 0.5) is 0 Å². The lowest BCUT2D eigenvalue weighted by Crippen LogP contribution is -2.30. The molecular weight excluding hydrogens is 428 g/mol. The van der Waals surface area contributed by atoms with E-state index in [2.05, 4.69) is 39.0 Å². The van der Waals surface area contributed by atoms with E-state index in [0.29, 0.717) is 12.3 Å². The second-order valence-corrected chi connectivity index (χ2v) is 9.71. The van der Waals surface area contributed by atoms with Gasteiger partial charge in [-0.1, -0.05) is 78.3 Å². The van der Waals surface area contributed by atoms with Gasteiger partial charge in [0.2, 0.25) is 0 Å². The molecule has 0 aromatic heterocycles. The number of aliphatic hydroxyl groups is 2. The fourth-order valence-corrected chi connectivity index (χ4v) is 4.17. The number of aliphatic hydroxyl groups excluding tert-OH is 2. The molecule has 0 aliphatic heterocycles. The van der Waals surface area contributed by atoms with Crippen LogP contribution in [0.1, 0.15) is 93.4 Å². The minimum atomic E-state index is -0.653. The first-order chi connectivity index (χ1) is 16.1. The molecule has 0 aromatic rings. The Morgan fingerprint density at radius 1 is 1.00 bits per heavy atom. The van der Waals surface area contributed by atoms with Crippen LogP contribution < -0.4 is 0 Å². The molecular formula is C29H52O5. The summed E-state index contributed by atoms with van der Waals surface area (Å²) in [6, 6.07) is 0. The number of hydrogen-bond acceptors (Lipinski definition) is 5. The molecule has 0 amide bonds. The Balaban J connectivity index is 5.08. The maximum absolute atomic E-state index is 12.4. The van der Waals surface area contributed by atoms with E-state index in [4.69, 9.17) is 9.47 Å². The lowest BCUT2D eigenvalue weighted by Gasteiger charge is -2.26. The average molecular weight is 481 g/mol. The van der Waals surface area contributed by atoms with E-state index in [0.717, 1.165) is 37.7 Å². The number of methoxy groups -OCH3 is 1. The van der Waals surface area contributed by atoms with Gasteiger partial charge in [0.25, 0.3) is 0 Å². The van der Waals surface area contributed by atoms with Crippen LogP contribution in [-0.4, -0.2) is 47.7 Å². The van der Waals surface area contributed by atoms with E-state index >= 15 is 0 Å². The fraction of sp³-hybridized carbons (Fsp3) is 0.759. The minimum Gasteiger partial charge on any atom is -0.457 e. The summed E-state index contributed by atoms with van der Waals surface area (Å²) in [5.41, 5.74) is 0.967. The number of hydrogen-bond donors (Lipinski definition) is 2. The Labute approximate surface area is 209 Å². The van der Waals surface area contributed by atoms with Crippen LogP contribution in [0.3, 0.4) is 0 Å². The second kappa shape index (κ2) is 18.8. The maximum atomic E-state index is 12.4. The Bertz CT molecular complexity index is 620. The fourth-order valence-electron chi connectivity index (χ4n) is 4.17. The summed E-state index contributed by atoms with van der Waals surface area (Å²) in [4.78, 5) is 12.4. The average Bonchev–Trinajstić information content (AvgIpc) is 2.79. The molecule has 0 radical (unpaired) electrons. The molecule has 0 spiro atoms. The van der Waals surface area contributed by atoms with Crippen LogP contribution in [0.5, 0.6) is 0 Å². The molecule has 0 rings (SSSR count). The number of carbonyl (C=O) groups is 1. The zero-order chi connectivity index (χ0) is 26.1. The Kier molecular flexibility index (Phi) is 18.0. The van der Waals surface area contributed by atoms with Crippen LogP contribution in [0, 0.1) is 17.8 Å². The van der Waals surface area contributed by atoms with Crippen molar-refractivity contribution in [2.75, 3.05) is 7.11 Å². The standard InChI is InChI=1S/C29H52O5/c1-9-12-16-22(5)29(34-28(32)20-25(30)14-10-2)23(6)17-13-15-21(4)18-19-26(31)24(7)27(11-3)33-8/h12-13,15-17,21-22,24-27,29-31H,9-11,14,18-20H2,1-8H3/b15-13+,16-12+,23-17+/t21-,22+,24+,25+,26+,27+,29+/m1/s1. The number of rotatable bonds is 18. The van der Waals surface area contributed by atoms with Crippen molar-refractivity contribution in [3.8, 4) is 0 Å². The highest BCUT2D eigenvalue weighted by atomic mass is 16.5. The van der Waals surface area contributed by atoms with Crippen molar-refractivity contribution in [3.63, 3.8) is 0 Å². The summed E-state index contributed by atoms with van der Waals surface area (Å²) < 4.78 is 11.3. The quantitative estimate of drug-likeness (QED) is 0.135. The molecule has 0 heterocycles. The zero-order valence-electron chi connectivity index (χ0n) is 23.0. The van der Waals surface area contributed by atoms with Gasteiger partial charge in [0.15, 0.2) is 0 Å². The molecule has 5 nitrogen and oxygen atoms in total. The van der Waals surface area contributed by atoms with Crippen LogP contribution in [0.2, 0.25) is 0 Å². The third kappa shape index (κ3) is 13.5. The van der Waals surface area contributed by atoms with Gasteiger partial charge in [-0.2, -0.15) is 0 Å². The van der Waals surface area contributed by atoms with Gasteiger partial charge in [-0.3, -0.25) is 4.79 Å². The predicted octanol–water partition coefficient (Wildman–Crippen LogP) is 6.39. The number of carbonyl (C=O) groups excluding carboxylic acids is 1. The molecule has 198 valence electrons. The molecule has 0 fully saturated rings. The van der Waals surface area contributed by atoms with E-state index in [9.17, 15) is 15.0 Å². The first-order valence-electron chi connectivity index (χ1n) is 13.2. The van der Waals surface area contributed by atoms with Gasteiger partial charge in [-0.25, -0.2) is 0 Å². The van der Waals surface area contributed by atoms with E-state index in [1.165, 1.54) is 0 Å². The maximum Gasteiger partial charge on any atom is 0.309 e. The van der Waals surface area contributed by atoms with E-state index in [1.54, 1.807) is 7.11 Å². The summed E-state index contributed by atoms with van der Waals surface area (Å²) >= 11 is 0. The van der Waals surface area contributed by atoms with Crippen molar-refractivity contribution in [1.29, 1.82) is 0 Å². The topological polar surface area (TPSA) is 76.0 Å². The third-order valence-electron chi connectivity index (χ3n) is 6.50. The van der Waals surface area contributed by atoms with Crippen molar-refractivity contribution in [2.45, 2.75) is 118 Å². The summed E-state index contributed by atoms with van der Waals surface area (Å²) in [6.45, 7) is 14.4. The minimum absolute atomic E-state index is 0.0252. The first kappa shape index (κ1) is 32.6. The smallest absolute Gasteiger partial charge is 0.309 e. The summed E-state index contributed by atoms with van der Waals surface area (Å²) in [6.07, 6.45) is 13.9. The van der Waals surface area contributed by atoms with E-state index < -0.39 is 6.10 Å². The molecule has 0 aliphatic rings. The highest BCUT2D eigenvalue weighted by Crippen LogP contribution is 2.22. The second-order valence-electron chi connectivity index (χ2n) is 9.71. The molecule has 5 heteroatoms. The van der Waals surface area contributed by atoms with E-state index in [-0.39, 0.29) is 42.5 Å². The van der Waals surface area contributed by atoms with E-state index in [1.807, 2.05) is 39.8 Å². The number of esters is 1. The van der Waals surface area contributed by atoms with Gasteiger partial charge < -0.3 is 19.7 Å². The molecule has 0 unspecified atom stereocenters. The summed E-state index contributed by atoms with van der Waals surface area (Å²) in [5, 5.41) is 20.5. The zero-order valence-corrected chi connectivity index (χ0v) is 23.0. The van der Waals surface area contributed by atoms with Gasteiger partial charge >= 0.3 is 5.97 Å². The van der Waals surface area contributed by atoms with Crippen molar-refractivity contribution in [3.05, 3.63) is 36.0 Å². The van der Waals surface area contributed by atoms with Crippen molar-refractivity contribution < 1.29 is 24.5 Å². The lowest BCUT2D eigenvalue weighted by molar-refractivity contribution is -0.151. The molecule has 7 atom stereocenters. The predicted molar refractivity (Wildman–Crippen MR) is 142 cm³/mol. The Hall–Kier alpha value is -1.43. The van der Waals surface area contributed by atoms with Crippen LogP contribution in [-0.2, 0) is 14.3 Å². The molecule has 0 aromatic carbocycles. The molecule has 2 N–H and O–H groups in total. The highest BCUT2D eigenvalue weighted by molar-refractivity contribution is 5.70. The molecule has 0 saturated carbocycles. The number of ether oxygens (including phenoxy) is 2. The van der Waals surface area contributed by atoms with Crippen LogP contribution >= 0.6 is 0 Å². The Morgan fingerprint density at radius 2 is 1.68 bits per heavy atom. The Morgan fingerprint density at radius 3 is 2.24 bits per heavy atom. The van der Waals surface area contributed by atoms with Crippen molar-refractivity contribution in [2.24, 2.45) is 17.8 Å². The van der Waals surface area contributed by atoms with Crippen LogP contribution in [0.25, 0.3) is 0 Å². The van der Waals surface area contributed by atoms with Gasteiger partial charge in [-0.15, -0.1) is 0 Å². The van der Waals surface area contributed by atoms with Crippen LogP contribution in [0.15, 0.2) is 36.0 Å². The molecule has 0 aliphatic carbocycles. The van der Waals surface area contributed by atoms with Gasteiger partial charge in [-0.05, 0) is 50.5 Å². The molecule has 0 saturated heterocycles. The number of allylic oxidation sites excluding steroid dienone is 4. The molecule has 34 heavy (non-hydrogen) atoms. The normalized spacial score (nSPS) is 19.1. The molecule has 0 bridgehead atoms. The lowest BCUT2D eigenvalue weighted by atomic mass is 9.90. The highest BCUT2D eigenvalue weighted by Gasteiger charge is 2.24. The van der Waals surface area contributed by atoms with Crippen molar-refractivity contribution in [1.82, 2.24) is 0 Å². The monoisotopic (exact) mass is 480 g/mol.